The minimum Gasteiger partial charge on any atom is -0.285 e. The van der Waals surface area contributed by atoms with Gasteiger partial charge in [-0.25, -0.2) is 0 Å². The number of hydrogen-bond donors (Lipinski definition) is 0. The molecule has 0 radical (unpaired) electrons. The van der Waals surface area contributed by atoms with E-state index in [-0.39, 0.29) is 6.04 Å². The van der Waals surface area contributed by atoms with Crippen molar-refractivity contribution in [3.05, 3.63) is 34.9 Å². The van der Waals surface area contributed by atoms with E-state index in [9.17, 15) is 0 Å². The topological polar surface area (TPSA) is 36.1 Å². The van der Waals surface area contributed by atoms with E-state index in [0.29, 0.717) is 17.4 Å². The molecule has 0 aliphatic rings. The van der Waals surface area contributed by atoms with Crippen molar-refractivity contribution in [2.45, 2.75) is 33.2 Å². The average molecular weight is 249 g/mol. The Hall–Kier alpha value is -1.33. The Morgan fingerprint density at radius 1 is 1.35 bits per heavy atom. The fraction of sp³-hybridized carbons (Fsp3) is 0.429. The van der Waals surface area contributed by atoms with Gasteiger partial charge in [-0.05, 0) is 18.9 Å². The SMILES string of the molecule is CC(C)C(C)N=C(CC#N)c1ccccc1Cl. The molecule has 17 heavy (non-hydrogen) atoms. The molecule has 0 bridgehead atoms. The quantitative estimate of drug-likeness (QED) is 0.740. The van der Waals surface area contributed by atoms with Crippen LogP contribution in [0.4, 0.5) is 0 Å². The van der Waals surface area contributed by atoms with Crippen molar-refractivity contribution in [2.75, 3.05) is 0 Å². The molecular weight excluding hydrogens is 232 g/mol. The summed E-state index contributed by atoms with van der Waals surface area (Å²) in [6.45, 7) is 6.29. The van der Waals surface area contributed by atoms with Gasteiger partial charge in [0.2, 0.25) is 0 Å². The Kier molecular flexibility index (Phi) is 5.18. The Morgan fingerprint density at radius 3 is 2.53 bits per heavy atom. The predicted molar refractivity (Wildman–Crippen MR) is 72.5 cm³/mol. The van der Waals surface area contributed by atoms with E-state index < -0.39 is 0 Å². The van der Waals surface area contributed by atoms with Crippen LogP contribution in [0.15, 0.2) is 29.3 Å². The summed E-state index contributed by atoms with van der Waals surface area (Å²) in [5.41, 5.74) is 1.64. The van der Waals surface area contributed by atoms with Crippen LogP contribution in [-0.4, -0.2) is 11.8 Å². The first-order valence-electron chi connectivity index (χ1n) is 5.74. The number of halogens is 1. The first-order valence-corrected chi connectivity index (χ1v) is 6.12. The predicted octanol–water partition coefficient (Wildman–Crippen LogP) is 4.09. The van der Waals surface area contributed by atoms with Crippen LogP contribution in [0.5, 0.6) is 0 Å². The van der Waals surface area contributed by atoms with Crippen molar-refractivity contribution in [1.82, 2.24) is 0 Å². The largest absolute Gasteiger partial charge is 0.285 e. The van der Waals surface area contributed by atoms with Crippen molar-refractivity contribution in [3.63, 3.8) is 0 Å². The van der Waals surface area contributed by atoms with Crippen molar-refractivity contribution in [1.29, 1.82) is 5.26 Å². The van der Waals surface area contributed by atoms with E-state index in [1.807, 2.05) is 24.3 Å². The van der Waals surface area contributed by atoms with Crippen LogP contribution in [-0.2, 0) is 0 Å². The Labute approximate surface area is 108 Å². The zero-order valence-electron chi connectivity index (χ0n) is 10.4. The molecule has 1 unspecified atom stereocenters. The third-order valence-corrected chi connectivity index (χ3v) is 3.09. The maximum atomic E-state index is 8.87. The fourth-order valence-corrected chi connectivity index (χ4v) is 1.62. The van der Waals surface area contributed by atoms with Gasteiger partial charge in [-0.15, -0.1) is 0 Å². The number of nitriles is 1. The Morgan fingerprint density at radius 2 is 2.00 bits per heavy atom. The number of hydrogen-bond acceptors (Lipinski definition) is 2. The Bertz CT molecular complexity index is 444. The number of rotatable bonds is 4. The minimum atomic E-state index is 0.189. The molecule has 0 fully saturated rings. The molecule has 1 aromatic carbocycles. The van der Waals surface area contributed by atoms with Crippen molar-refractivity contribution in [2.24, 2.45) is 10.9 Å². The molecule has 0 heterocycles. The fourth-order valence-electron chi connectivity index (χ4n) is 1.38. The minimum absolute atomic E-state index is 0.189. The first kappa shape index (κ1) is 13.7. The average Bonchev–Trinajstić information content (AvgIpc) is 2.29. The molecule has 0 spiro atoms. The van der Waals surface area contributed by atoms with Gasteiger partial charge in [0.1, 0.15) is 0 Å². The van der Waals surface area contributed by atoms with Crippen LogP contribution in [0.25, 0.3) is 0 Å². The molecule has 90 valence electrons. The summed E-state index contributed by atoms with van der Waals surface area (Å²) in [4.78, 5) is 4.61. The summed E-state index contributed by atoms with van der Waals surface area (Å²) in [5.74, 6) is 0.450. The van der Waals surface area contributed by atoms with Crippen molar-refractivity contribution >= 4 is 17.3 Å². The van der Waals surface area contributed by atoms with E-state index in [1.54, 1.807) is 0 Å². The highest BCUT2D eigenvalue weighted by molar-refractivity contribution is 6.34. The summed E-state index contributed by atoms with van der Waals surface area (Å²) in [7, 11) is 0. The summed E-state index contributed by atoms with van der Waals surface area (Å²) in [6, 6.07) is 9.86. The highest BCUT2D eigenvalue weighted by atomic mass is 35.5. The zero-order valence-corrected chi connectivity index (χ0v) is 11.2. The second-order valence-corrected chi connectivity index (χ2v) is 4.78. The molecule has 1 aromatic rings. The maximum absolute atomic E-state index is 8.87. The second-order valence-electron chi connectivity index (χ2n) is 4.38. The van der Waals surface area contributed by atoms with Gasteiger partial charge < -0.3 is 0 Å². The number of nitrogens with zero attached hydrogens (tertiary/aromatic N) is 2. The van der Waals surface area contributed by atoms with E-state index in [4.69, 9.17) is 16.9 Å². The lowest BCUT2D eigenvalue weighted by Gasteiger charge is -2.13. The third-order valence-electron chi connectivity index (χ3n) is 2.76. The Balaban J connectivity index is 3.10. The van der Waals surface area contributed by atoms with E-state index >= 15 is 0 Å². The van der Waals surface area contributed by atoms with Crippen molar-refractivity contribution < 1.29 is 0 Å². The molecule has 0 aliphatic carbocycles. The molecule has 1 rings (SSSR count). The monoisotopic (exact) mass is 248 g/mol. The summed E-state index contributed by atoms with van der Waals surface area (Å²) < 4.78 is 0. The van der Waals surface area contributed by atoms with Gasteiger partial charge in [-0.2, -0.15) is 5.26 Å². The second kappa shape index (κ2) is 6.42. The molecular formula is C14H17ClN2. The highest BCUT2D eigenvalue weighted by Gasteiger charge is 2.11. The normalized spacial score (nSPS) is 13.5. The standard InChI is InChI=1S/C14H17ClN2/c1-10(2)11(3)17-14(8-9-16)12-6-4-5-7-13(12)15/h4-7,10-11H,8H2,1-3H3. The van der Waals surface area contributed by atoms with Gasteiger partial charge >= 0.3 is 0 Å². The van der Waals surface area contributed by atoms with Crippen LogP contribution < -0.4 is 0 Å². The molecule has 0 saturated heterocycles. The smallest absolute Gasteiger partial charge is 0.0777 e. The zero-order chi connectivity index (χ0) is 12.8. The number of benzene rings is 1. The maximum Gasteiger partial charge on any atom is 0.0777 e. The summed E-state index contributed by atoms with van der Waals surface area (Å²) in [6.07, 6.45) is 0.292. The molecule has 0 saturated carbocycles. The molecule has 0 aliphatic heterocycles. The van der Waals surface area contributed by atoms with Crippen LogP contribution >= 0.6 is 11.6 Å². The van der Waals surface area contributed by atoms with Crippen LogP contribution in [0, 0.1) is 17.2 Å². The molecule has 2 nitrogen and oxygen atoms in total. The van der Waals surface area contributed by atoms with Crippen LogP contribution in [0.1, 0.15) is 32.8 Å². The molecule has 1 atom stereocenters. The lowest BCUT2D eigenvalue weighted by Crippen LogP contribution is -2.12. The van der Waals surface area contributed by atoms with Gasteiger partial charge in [0, 0.05) is 16.6 Å². The lowest BCUT2D eigenvalue weighted by molar-refractivity contribution is 0.531. The van der Waals surface area contributed by atoms with E-state index in [1.165, 1.54) is 0 Å². The molecule has 0 N–H and O–H groups in total. The van der Waals surface area contributed by atoms with E-state index in [2.05, 4.69) is 31.8 Å². The first-order chi connectivity index (χ1) is 8.06. The summed E-state index contributed by atoms with van der Waals surface area (Å²) >= 11 is 6.13. The summed E-state index contributed by atoms with van der Waals surface area (Å²) in [5, 5.41) is 9.52. The van der Waals surface area contributed by atoms with Gasteiger partial charge in [-0.1, -0.05) is 43.6 Å². The van der Waals surface area contributed by atoms with Gasteiger partial charge in [-0.3, -0.25) is 4.99 Å². The van der Waals surface area contributed by atoms with Gasteiger partial charge in [0.25, 0.3) is 0 Å². The van der Waals surface area contributed by atoms with Crippen LogP contribution in [0.3, 0.4) is 0 Å². The highest BCUT2D eigenvalue weighted by Crippen LogP contribution is 2.19. The molecule has 0 amide bonds. The third kappa shape index (κ3) is 3.87. The molecule has 3 heteroatoms. The van der Waals surface area contributed by atoms with Crippen molar-refractivity contribution in [3.8, 4) is 6.07 Å². The lowest BCUT2D eigenvalue weighted by atomic mass is 10.0. The molecule has 0 aromatic heterocycles. The number of aliphatic imine (C=N–C) groups is 1. The van der Waals surface area contributed by atoms with Gasteiger partial charge in [0.15, 0.2) is 0 Å². The van der Waals surface area contributed by atoms with Crippen LogP contribution in [0.2, 0.25) is 5.02 Å². The van der Waals surface area contributed by atoms with Gasteiger partial charge in [0.05, 0.1) is 18.2 Å². The van der Waals surface area contributed by atoms with E-state index in [0.717, 1.165) is 11.3 Å².